The highest BCUT2D eigenvalue weighted by molar-refractivity contribution is 8.18. The third-order valence-corrected chi connectivity index (χ3v) is 4.20. The summed E-state index contributed by atoms with van der Waals surface area (Å²) in [5, 5.41) is -0.453. The lowest BCUT2D eigenvalue weighted by Gasteiger charge is -2.12. The van der Waals surface area contributed by atoms with Gasteiger partial charge in [0.1, 0.15) is 6.54 Å². The van der Waals surface area contributed by atoms with E-state index in [0.29, 0.717) is 4.91 Å². The van der Waals surface area contributed by atoms with Gasteiger partial charge < -0.3 is 4.74 Å². The van der Waals surface area contributed by atoms with E-state index in [2.05, 4.69) is 0 Å². The zero-order valence-electron chi connectivity index (χ0n) is 14.5. The van der Waals surface area contributed by atoms with Crippen molar-refractivity contribution < 1.29 is 19.1 Å². The summed E-state index contributed by atoms with van der Waals surface area (Å²) in [6.07, 6.45) is 3.59. The summed E-state index contributed by atoms with van der Waals surface area (Å²) in [6.45, 7) is 5.60. The molecule has 0 aliphatic carbocycles. The van der Waals surface area contributed by atoms with Gasteiger partial charge in [0, 0.05) is 0 Å². The van der Waals surface area contributed by atoms with Gasteiger partial charge in [-0.15, -0.1) is 0 Å². The molecule has 1 aromatic rings. The smallest absolute Gasteiger partial charge is 0.326 e. The largest absolute Gasteiger partial charge is 0.464 e. The second-order valence-corrected chi connectivity index (χ2v) is 7.14. The van der Waals surface area contributed by atoms with Gasteiger partial charge in [0.15, 0.2) is 0 Å². The molecule has 25 heavy (non-hydrogen) atoms. The van der Waals surface area contributed by atoms with Crippen LogP contribution in [0.1, 0.15) is 26.3 Å². The number of imide groups is 1. The van der Waals surface area contributed by atoms with Crippen LogP contribution in [-0.4, -0.2) is 35.2 Å². The standard InChI is InChI=1S/C19H21NO4S/c1-13(2)12-24-17(21)11-20-18(22)16(25-19(20)23)10-14(3)9-15-7-5-4-6-8-15/h4-10,13H,11-12H2,1-3H3/b14-9+,16-10+. The second-order valence-electron chi connectivity index (χ2n) is 6.14. The van der Waals surface area contributed by atoms with Crippen molar-refractivity contribution >= 4 is 35.0 Å². The summed E-state index contributed by atoms with van der Waals surface area (Å²) in [5.74, 6) is -0.837. The van der Waals surface area contributed by atoms with Gasteiger partial charge in [0.25, 0.3) is 11.1 Å². The first-order valence-electron chi connectivity index (χ1n) is 8.01. The van der Waals surface area contributed by atoms with Gasteiger partial charge in [-0.25, -0.2) is 0 Å². The number of rotatable bonds is 6. The third kappa shape index (κ3) is 5.60. The monoisotopic (exact) mass is 359 g/mol. The van der Waals surface area contributed by atoms with Crippen molar-refractivity contribution in [1.82, 2.24) is 4.90 Å². The first-order valence-corrected chi connectivity index (χ1v) is 8.83. The van der Waals surface area contributed by atoms with Gasteiger partial charge in [0.05, 0.1) is 11.5 Å². The lowest BCUT2D eigenvalue weighted by atomic mass is 10.1. The minimum absolute atomic E-state index is 0.199. The van der Waals surface area contributed by atoms with E-state index in [1.165, 1.54) is 0 Å². The van der Waals surface area contributed by atoms with Crippen molar-refractivity contribution in [3.05, 3.63) is 52.4 Å². The summed E-state index contributed by atoms with van der Waals surface area (Å²) in [7, 11) is 0. The lowest BCUT2D eigenvalue weighted by molar-refractivity contribution is -0.147. The number of benzene rings is 1. The molecule has 0 unspecified atom stereocenters. The molecule has 132 valence electrons. The van der Waals surface area contributed by atoms with E-state index in [1.54, 1.807) is 6.08 Å². The van der Waals surface area contributed by atoms with Gasteiger partial charge in [-0.3, -0.25) is 19.3 Å². The number of esters is 1. The number of ether oxygens (including phenoxy) is 1. The van der Waals surface area contributed by atoms with E-state index in [4.69, 9.17) is 4.74 Å². The average Bonchev–Trinajstić information content (AvgIpc) is 2.81. The molecule has 0 radical (unpaired) electrons. The summed E-state index contributed by atoms with van der Waals surface area (Å²) >= 11 is 0.837. The van der Waals surface area contributed by atoms with Crippen molar-refractivity contribution in [2.75, 3.05) is 13.2 Å². The quantitative estimate of drug-likeness (QED) is 0.570. The number of carbonyl (C=O) groups excluding carboxylic acids is 3. The molecule has 2 amide bonds. The number of hydrogen-bond acceptors (Lipinski definition) is 5. The molecule has 2 rings (SSSR count). The molecule has 1 saturated heterocycles. The Balaban J connectivity index is 2.04. The molecule has 0 bridgehead atoms. The Morgan fingerprint density at radius 3 is 2.56 bits per heavy atom. The Bertz CT molecular complexity index is 722. The molecule has 0 aromatic heterocycles. The Morgan fingerprint density at radius 1 is 1.24 bits per heavy atom. The van der Waals surface area contributed by atoms with Crippen LogP contribution >= 0.6 is 11.8 Å². The van der Waals surface area contributed by atoms with Gasteiger partial charge in [-0.05, 0) is 41.8 Å². The summed E-state index contributed by atoms with van der Waals surface area (Å²) < 4.78 is 5.03. The van der Waals surface area contributed by atoms with Crippen LogP contribution in [0, 0.1) is 5.92 Å². The van der Waals surface area contributed by atoms with Crippen LogP contribution in [0.3, 0.4) is 0 Å². The van der Waals surface area contributed by atoms with E-state index in [1.807, 2.05) is 57.2 Å². The zero-order chi connectivity index (χ0) is 18.4. The van der Waals surface area contributed by atoms with E-state index in [9.17, 15) is 14.4 Å². The average molecular weight is 359 g/mol. The molecule has 1 aliphatic rings. The molecule has 0 N–H and O–H groups in total. The van der Waals surface area contributed by atoms with E-state index >= 15 is 0 Å². The number of nitrogens with zero attached hydrogens (tertiary/aromatic N) is 1. The van der Waals surface area contributed by atoms with E-state index in [0.717, 1.165) is 27.8 Å². The first kappa shape index (κ1) is 19.0. The van der Waals surface area contributed by atoms with Crippen molar-refractivity contribution in [1.29, 1.82) is 0 Å². The maximum absolute atomic E-state index is 12.4. The van der Waals surface area contributed by atoms with E-state index < -0.39 is 17.1 Å². The third-order valence-electron chi connectivity index (χ3n) is 3.29. The van der Waals surface area contributed by atoms with Gasteiger partial charge in [-0.2, -0.15) is 0 Å². The SMILES string of the molecule is CC(=C\c1ccccc1)/C=C1/SC(=O)N(CC(=O)OCC(C)C)C1=O. The minimum Gasteiger partial charge on any atom is -0.464 e. The minimum atomic E-state index is -0.575. The van der Waals surface area contributed by atoms with Crippen LogP contribution in [0.5, 0.6) is 0 Å². The Labute approximate surface area is 151 Å². The van der Waals surface area contributed by atoms with Crippen LogP contribution in [0.4, 0.5) is 4.79 Å². The molecule has 0 saturated carbocycles. The highest BCUT2D eigenvalue weighted by Crippen LogP contribution is 2.31. The van der Waals surface area contributed by atoms with Crippen molar-refractivity contribution in [2.24, 2.45) is 5.92 Å². The van der Waals surface area contributed by atoms with Crippen LogP contribution < -0.4 is 0 Å². The van der Waals surface area contributed by atoms with Crippen LogP contribution in [-0.2, 0) is 14.3 Å². The normalized spacial score (nSPS) is 16.9. The number of allylic oxidation sites excluding steroid dienone is 2. The zero-order valence-corrected chi connectivity index (χ0v) is 15.3. The number of thioether (sulfide) groups is 1. The Hall–Kier alpha value is -2.34. The van der Waals surface area contributed by atoms with E-state index in [-0.39, 0.29) is 19.1 Å². The molecule has 0 atom stereocenters. The molecule has 1 heterocycles. The molecule has 1 aromatic carbocycles. The number of carbonyl (C=O) groups is 3. The maximum atomic E-state index is 12.4. The Kier molecular flexibility index (Phi) is 6.58. The second kappa shape index (κ2) is 8.67. The topological polar surface area (TPSA) is 63.7 Å². The maximum Gasteiger partial charge on any atom is 0.326 e. The summed E-state index contributed by atoms with van der Waals surface area (Å²) in [5.41, 5.74) is 1.85. The first-order chi connectivity index (χ1) is 11.9. The van der Waals surface area contributed by atoms with Crippen molar-refractivity contribution in [2.45, 2.75) is 20.8 Å². The van der Waals surface area contributed by atoms with Crippen LogP contribution in [0.2, 0.25) is 0 Å². The van der Waals surface area contributed by atoms with Crippen LogP contribution in [0.15, 0.2) is 46.9 Å². The molecule has 0 spiro atoms. The molecule has 5 nitrogen and oxygen atoms in total. The molecular weight excluding hydrogens is 338 g/mol. The molecule has 1 aliphatic heterocycles. The highest BCUT2D eigenvalue weighted by atomic mass is 32.2. The predicted molar refractivity (Wildman–Crippen MR) is 98.7 cm³/mol. The van der Waals surface area contributed by atoms with Gasteiger partial charge >= 0.3 is 5.97 Å². The number of amides is 2. The fourth-order valence-electron chi connectivity index (χ4n) is 2.13. The number of hydrogen-bond donors (Lipinski definition) is 0. The predicted octanol–water partition coefficient (Wildman–Crippen LogP) is 3.87. The highest BCUT2D eigenvalue weighted by Gasteiger charge is 2.36. The fraction of sp³-hybridized carbons (Fsp3) is 0.316. The molecule has 1 fully saturated rings. The van der Waals surface area contributed by atoms with Crippen LogP contribution in [0.25, 0.3) is 6.08 Å². The molecule has 6 heteroatoms. The summed E-state index contributed by atoms with van der Waals surface area (Å²) in [4.78, 5) is 37.4. The Morgan fingerprint density at radius 2 is 1.92 bits per heavy atom. The van der Waals surface area contributed by atoms with Crippen molar-refractivity contribution in [3.8, 4) is 0 Å². The van der Waals surface area contributed by atoms with Gasteiger partial charge in [0.2, 0.25) is 0 Å². The van der Waals surface area contributed by atoms with Crippen molar-refractivity contribution in [3.63, 3.8) is 0 Å². The van der Waals surface area contributed by atoms with Gasteiger partial charge in [-0.1, -0.05) is 50.3 Å². The molecular formula is C19H21NO4S. The summed E-state index contributed by atoms with van der Waals surface area (Å²) in [6, 6.07) is 9.68. The fourth-order valence-corrected chi connectivity index (χ4v) is 3.02. The lowest BCUT2D eigenvalue weighted by Crippen LogP contribution is -2.34.